The van der Waals surface area contributed by atoms with Crippen LogP contribution < -0.4 is 0 Å². The molecule has 4 nitrogen and oxygen atoms in total. The molecule has 0 bridgehead atoms. The fourth-order valence-electron chi connectivity index (χ4n) is 2.87. The second kappa shape index (κ2) is 8.43. The quantitative estimate of drug-likeness (QED) is 0.494. The van der Waals surface area contributed by atoms with Gasteiger partial charge in [0, 0.05) is 17.4 Å². The van der Waals surface area contributed by atoms with E-state index in [1.54, 1.807) is 12.0 Å². The van der Waals surface area contributed by atoms with Gasteiger partial charge < -0.3 is 4.18 Å². The molecular formula is C20H39N3OS. The molecule has 1 aromatic heterocycles. The highest BCUT2D eigenvalue weighted by atomic mass is 32.2. The van der Waals surface area contributed by atoms with E-state index in [1.165, 1.54) is 0 Å². The van der Waals surface area contributed by atoms with E-state index in [4.69, 9.17) is 4.18 Å². The summed E-state index contributed by atoms with van der Waals surface area (Å²) >= 11 is 1.55. The first kappa shape index (κ1) is 22.5. The second-order valence-corrected chi connectivity index (χ2v) is 10.8. The first-order valence-corrected chi connectivity index (χ1v) is 10.4. The maximum Gasteiger partial charge on any atom is 0.0968 e. The zero-order chi connectivity index (χ0) is 19.5. The Balaban J connectivity index is 2.74. The maximum atomic E-state index is 5.98. The van der Waals surface area contributed by atoms with Crippen molar-refractivity contribution in [1.29, 1.82) is 0 Å². The Labute approximate surface area is 159 Å². The van der Waals surface area contributed by atoms with E-state index in [2.05, 4.69) is 85.7 Å². The Morgan fingerprint density at radius 3 is 2.20 bits per heavy atom. The molecule has 0 unspecified atom stereocenters. The summed E-state index contributed by atoms with van der Waals surface area (Å²) in [4.78, 5) is 0. The summed E-state index contributed by atoms with van der Waals surface area (Å²) in [6.07, 6.45) is 3.18. The molecule has 1 aromatic rings. The zero-order valence-electron chi connectivity index (χ0n) is 18.0. The molecule has 0 fully saturated rings. The summed E-state index contributed by atoms with van der Waals surface area (Å²) in [5.74, 6) is 2.26. The van der Waals surface area contributed by atoms with E-state index in [0.29, 0.717) is 18.4 Å². The molecule has 1 rings (SSSR count). The Bertz CT molecular complexity index is 533. The molecule has 0 aliphatic heterocycles. The van der Waals surface area contributed by atoms with Gasteiger partial charge in [0.2, 0.25) is 0 Å². The van der Waals surface area contributed by atoms with Crippen LogP contribution in [0, 0.1) is 17.3 Å². The zero-order valence-corrected chi connectivity index (χ0v) is 18.8. The second-order valence-electron chi connectivity index (χ2n) is 10.0. The molecule has 1 heterocycles. The van der Waals surface area contributed by atoms with Gasteiger partial charge in [0.15, 0.2) is 0 Å². The highest BCUT2D eigenvalue weighted by Crippen LogP contribution is 2.40. The first-order valence-electron chi connectivity index (χ1n) is 9.46. The van der Waals surface area contributed by atoms with Gasteiger partial charge in [0.25, 0.3) is 0 Å². The van der Waals surface area contributed by atoms with Gasteiger partial charge in [-0.05, 0) is 49.6 Å². The maximum absolute atomic E-state index is 5.98. The summed E-state index contributed by atoms with van der Waals surface area (Å²) in [6.45, 7) is 23.1. The van der Waals surface area contributed by atoms with Crippen LogP contribution in [0.25, 0.3) is 0 Å². The largest absolute Gasteiger partial charge is 0.307 e. The third-order valence-corrected chi connectivity index (χ3v) is 6.29. The smallest absolute Gasteiger partial charge is 0.0968 e. The van der Waals surface area contributed by atoms with Gasteiger partial charge in [0.1, 0.15) is 0 Å². The normalized spacial score (nSPS) is 13.9. The Kier molecular flexibility index (Phi) is 7.58. The van der Waals surface area contributed by atoms with Crippen molar-refractivity contribution in [1.82, 2.24) is 15.0 Å². The van der Waals surface area contributed by atoms with Crippen LogP contribution >= 0.6 is 12.0 Å². The summed E-state index contributed by atoms with van der Waals surface area (Å²) in [5, 5.41) is 8.84. The molecule has 146 valence electrons. The third-order valence-electron chi connectivity index (χ3n) is 4.92. The van der Waals surface area contributed by atoms with Crippen LogP contribution in [0.3, 0.4) is 0 Å². The van der Waals surface area contributed by atoms with E-state index >= 15 is 0 Å². The van der Waals surface area contributed by atoms with E-state index in [-0.39, 0.29) is 16.4 Å². The summed E-state index contributed by atoms with van der Waals surface area (Å²) in [5.41, 5.74) is 1.06. The van der Waals surface area contributed by atoms with Crippen molar-refractivity contribution in [2.24, 2.45) is 17.3 Å². The molecule has 5 heteroatoms. The van der Waals surface area contributed by atoms with Crippen molar-refractivity contribution >= 4 is 12.0 Å². The molecular weight excluding hydrogens is 330 g/mol. The highest BCUT2D eigenvalue weighted by Gasteiger charge is 2.34. The van der Waals surface area contributed by atoms with Crippen molar-refractivity contribution in [3.8, 4) is 0 Å². The lowest BCUT2D eigenvalue weighted by Crippen LogP contribution is -2.31. The van der Waals surface area contributed by atoms with Crippen molar-refractivity contribution < 1.29 is 4.18 Å². The van der Waals surface area contributed by atoms with Crippen LogP contribution in [0.1, 0.15) is 81.4 Å². The standard InChI is InChI=1S/C20H39N3OS/c1-15(2)12-25-24-20(9,10)14-23-11-17(21-22-23)19(7,8)13-18(5,6)16(3)4/h11,15-16H,12-14H2,1-10H3. The minimum Gasteiger partial charge on any atom is -0.307 e. The predicted molar refractivity (Wildman–Crippen MR) is 109 cm³/mol. The number of hydrogen-bond donors (Lipinski definition) is 0. The lowest BCUT2D eigenvalue weighted by Gasteiger charge is -2.36. The van der Waals surface area contributed by atoms with E-state index < -0.39 is 0 Å². The van der Waals surface area contributed by atoms with Crippen molar-refractivity contribution in [2.75, 3.05) is 5.75 Å². The van der Waals surface area contributed by atoms with Gasteiger partial charge in [-0.25, -0.2) is 4.68 Å². The fraction of sp³-hybridized carbons (Fsp3) is 0.900. The predicted octanol–water partition coefficient (Wildman–Crippen LogP) is 5.73. The van der Waals surface area contributed by atoms with Crippen LogP contribution in [0.4, 0.5) is 0 Å². The number of hydrogen-bond acceptors (Lipinski definition) is 4. The van der Waals surface area contributed by atoms with Gasteiger partial charge in [-0.2, -0.15) is 0 Å². The molecule has 0 spiro atoms. The highest BCUT2D eigenvalue weighted by molar-refractivity contribution is 7.94. The average Bonchev–Trinajstić information content (AvgIpc) is 2.85. The first-order chi connectivity index (χ1) is 11.3. The van der Waals surface area contributed by atoms with Gasteiger partial charge in [-0.15, -0.1) is 5.10 Å². The molecule has 0 aliphatic carbocycles. The SMILES string of the molecule is CC(C)CSOC(C)(C)Cn1cc(C(C)(C)CC(C)(C)C(C)C)nn1. The van der Waals surface area contributed by atoms with E-state index in [9.17, 15) is 0 Å². The minimum absolute atomic E-state index is 0.00339. The molecule has 25 heavy (non-hydrogen) atoms. The molecule has 0 aliphatic rings. The third kappa shape index (κ3) is 7.30. The summed E-state index contributed by atoms with van der Waals surface area (Å²) in [6, 6.07) is 0. The lowest BCUT2D eigenvalue weighted by molar-refractivity contribution is 0.111. The van der Waals surface area contributed by atoms with Crippen LogP contribution in [0.5, 0.6) is 0 Å². The Morgan fingerprint density at radius 2 is 1.68 bits per heavy atom. The lowest BCUT2D eigenvalue weighted by atomic mass is 9.68. The minimum atomic E-state index is -0.272. The number of nitrogens with zero attached hydrogens (tertiary/aromatic N) is 3. The van der Waals surface area contributed by atoms with Crippen LogP contribution in [-0.4, -0.2) is 26.3 Å². The Morgan fingerprint density at radius 1 is 1.08 bits per heavy atom. The number of rotatable bonds is 10. The van der Waals surface area contributed by atoms with Crippen molar-refractivity contribution in [2.45, 2.75) is 93.2 Å². The van der Waals surface area contributed by atoms with Crippen molar-refractivity contribution in [3.05, 3.63) is 11.9 Å². The van der Waals surface area contributed by atoms with Gasteiger partial charge in [-0.3, -0.25) is 0 Å². The average molecular weight is 370 g/mol. The van der Waals surface area contributed by atoms with E-state index in [0.717, 1.165) is 17.9 Å². The van der Waals surface area contributed by atoms with Crippen molar-refractivity contribution in [3.63, 3.8) is 0 Å². The molecule has 0 amide bonds. The van der Waals surface area contributed by atoms with E-state index in [1.807, 2.05) is 4.68 Å². The Hall–Kier alpha value is -0.550. The molecule has 0 atom stereocenters. The van der Waals surface area contributed by atoms with Crippen LogP contribution in [0.15, 0.2) is 6.20 Å². The molecule has 0 N–H and O–H groups in total. The van der Waals surface area contributed by atoms with Gasteiger partial charge >= 0.3 is 0 Å². The monoisotopic (exact) mass is 369 g/mol. The summed E-state index contributed by atoms with van der Waals surface area (Å²) in [7, 11) is 0. The molecule has 0 aromatic carbocycles. The van der Waals surface area contributed by atoms with Gasteiger partial charge in [-0.1, -0.05) is 60.6 Å². The molecule has 0 saturated carbocycles. The fourth-order valence-corrected chi connectivity index (χ4v) is 3.58. The summed E-state index contributed by atoms with van der Waals surface area (Å²) < 4.78 is 7.91. The van der Waals surface area contributed by atoms with Crippen LogP contribution in [0.2, 0.25) is 0 Å². The number of aromatic nitrogens is 3. The topological polar surface area (TPSA) is 39.9 Å². The van der Waals surface area contributed by atoms with Crippen LogP contribution in [-0.2, 0) is 16.1 Å². The molecule has 0 radical (unpaired) electrons. The van der Waals surface area contributed by atoms with Gasteiger partial charge in [0.05, 0.1) is 17.8 Å². The molecule has 0 saturated heterocycles.